The summed E-state index contributed by atoms with van der Waals surface area (Å²) in [6.45, 7) is 8.20. The van der Waals surface area contributed by atoms with E-state index in [1.165, 1.54) is 6.92 Å². The van der Waals surface area contributed by atoms with Crippen LogP contribution >= 0.6 is 0 Å². The van der Waals surface area contributed by atoms with Gasteiger partial charge in [-0.2, -0.15) is 0 Å². The molecule has 0 aromatic rings. The van der Waals surface area contributed by atoms with E-state index in [0.717, 1.165) is 0 Å². The van der Waals surface area contributed by atoms with Gasteiger partial charge in [0.15, 0.2) is 0 Å². The number of hydrogen-bond acceptors (Lipinski definition) is 7. The molecule has 184 valence electrons. The Morgan fingerprint density at radius 1 is 0.844 bits per heavy atom. The van der Waals surface area contributed by atoms with Crippen LogP contribution in [-0.4, -0.2) is 70.1 Å². The zero-order valence-corrected chi connectivity index (χ0v) is 19.3. The summed E-state index contributed by atoms with van der Waals surface area (Å²) >= 11 is 0. The van der Waals surface area contributed by atoms with E-state index in [2.05, 4.69) is 16.0 Å². The van der Waals surface area contributed by atoms with E-state index < -0.39 is 65.8 Å². The number of carbonyl (C=O) groups excluding carboxylic acids is 4. The maximum atomic E-state index is 12.7. The number of carboxylic acid groups (broad SMARTS) is 1. The van der Waals surface area contributed by atoms with Gasteiger partial charge in [-0.1, -0.05) is 27.7 Å². The van der Waals surface area contributed by atoms with Crippen LogP contribution in [0.5, 0.6) is 0 Å². The van der Waals surface area contributed by atoms with Crippen LogP contribution in [0.3, 0.4) is 0 Å². The van der Waals surface area contributed by atoms with Gasteiger partial charge in [-0.15, -0.1) is 0 Å². The molecule has 0 aliphatic heterocycles. The maximum absolute atomic E-state index is 12.7. The van der Waals surface area contributed by atoms with Crippen molar-refractivity contribution in [3.8, 4) is 0 Å². The summed E-state index contributed by atoms with van der Waals surface area (Å²) in [5, 5.41) is 26.3. The minimum atomic E-state index is -1.43. The topological polar surface area (TPSA) is 214 Å². The number of primary amides is 1. The zero-order chi connectivity index (χ0) is 25.2. The average molecular weight is 460 g/mol. The summed E-state index contributed by atoms with van der Waals surface area (Å²) in [5.41, 5.74) is 10.9. The molecule has 0 aromatic heterocycles. The van der Waals surface area contributed by atoms with Crippen LogP contribution < -0.4 is 27.4 Å². The molecule has 32 heavy (non-hydrogen) atoms. The molecule has 5 atom stereocenters. The summed E-state index contributed by atoms with van der Waals surface area (Å²) in [6, 6.07) is -4.87. The van der Waals surface area contributed by atoms with Crippen LogP contribution in [0, 0.1) is 11.8 Å². The smallest absolute Gasteiger partial charge is 0.326 e. The summed E-state index contributed by atoms with van der Waals surface area (Å²) in [6.07, 6.45) is -1.43. The molecule has 0 saturated heterocycles. The predicted octanol–water partition coefficient (Wildman–Crippen LogP) is -1.80. The van der Waals surface area contributed by atoms with E-state index in [0.29, 0.717) is 6.42 Å². The van der Waals surface area contributed by atoms with E-state index in [9.17, 15) is 34.2 Å². The van der Waals surface area contributed by atoms with Crippen LogP contribution in [0.4, 0.5) is 0 Å². The SMILES string of the molecule is CC(C)CC(N)C(=O)NC(C(=O)NC(CCC(N)=O)C(=O)NC(C(=O)O)C(C)C)C(C)O. The van der Waals surface area contributed by atoms with Gasteiger partial charge in [0.05, 0.1) is 12.1 Å². The van der Waals surface area contributed by atoms with Crippen molar-refractivity contribution in [3.05, 3.63) is 0 Å². The van der Waals surface area contributed by atoms with Gasteiger partial charge in [-0.05, 0) is 31.6 Å². The third-order valence-electron chi connectivity index (χ3n) is 4.67. The molecule has 0 saturated carbocycles. The molecular weight excluding hydrogens is 422 g/mol. The fraction of sp³-hybridized carbons (Fsp3) is 0.750. The highest BCUT2D eigenvalue weighted by Crippen LogP contribution is 2.07. The largest absolute Gasteiger partial charge is 0.480 e. The number of aliphatic carboxylic acids is 1. The number of aliphatic hydroxyl groups excluding tert-OH is 1. The summed E-state index contributed by atoms with van der Waals surface area (Å²) < 4.78 is 0. The molecule has 0 spiro atoms. The molecule has 0 fully saturated rings. The Labute approximate surface area is 187 Å². The Kier molecular flexibility index (Phi) is 12.5. The standard InChI is InChI=1S/C20H37N5O7/c1-9(2)8-12(21)17(28)25-16(11(5)26)19(30)23-13(6-7-14(22)27)18(29)24-15(10(3)4)20(31)32/h9-13,15-16,26H,6-8,21H2,1-5H3,(H2,22,27)(H,23,30)(H,24,29)(H,25,28)(H,31,32). The molecule has 5 unspecified atom stereocenters. The van der Waals surface area contributed by atoms with E-state index in [-0.39, 0.29) is 18.8 Å². The highest BCUT2D eigenvalue weighted by Gasteiger charge is 2.33. The lowest BCUT2D eigenvalue weighted by molar-refractivity contribution is -0.143. The van der Waals surface area contributed by atoms with E-state index in [1.54, 1.807) is 13.8 Å². The summed E-state index contributed by atoms with van der Waals surface area (Å²) in [5.74, 6) is -4.70. The van der Waals surface area contributed by atoms with Gasteiger partial charge in [-0.3, -0.25) is 19.2 Å². The molecule has 12 nitrogen and oxygen atoms in total. The summed E-state index contributed by atoms with van der Waals surface area (Å²) in [7, 11) is 0. The molecule has 0 heterocycles. The molecule has 0 aliphatic carbocycles. The van der Waals surface area contributed by atoms with Gasteiger partial charge in [0, 0.05) is 6.42 Å². The fourth-order valence-electron chi connectivity index (χ4n) is 2.86. The molecule has 0 aliphatic rings. The first-order chi connectivity index (χ1) is 14.7. The lowest BCUT2D eigenvalue weighted by Crippen LogP contribution is -2.60. The van der Waals surface area contributed by atoms with E-state index in [4.69, 9.17) is 11.5 Å². The minimum Gasteiger partial charge on any atom is -0.480 e. The van der Waals surface area contributed by atoms with Crippen molar-refractivity contribution < 1.29 is 34.2 Å². The number of aliphatic hydroxyl groups is 1. The Bertz CT molecular complexity index is 681. The van der Waals surface area contributed by atoms with Crippen molar-refractivity contribution >= 4 is 29.6 Å². The van der Waals surface area contributed by atoms with Gasteiger partial charge < -0.3 is 37.6 Å². The first-order valence-electron chi connectivity index (χ1n) is 10.5. The second-order valence-corrected chi connectivity index (χ2v) is 8.60. The Hall–Kier alpha value is -2.73. The van der Waals surface area contributed by atoms with Crippen molar-refractivity contribution in [2.45, 2.75) is 84.2 Å². The molecule has 0 rings (SSSR count). The highest BCUT2D eigenvalue weighted by molar-refractivity contribution is 5.94. The molecule has 0 bridgehead atoms. The molecule has 4 amide bonds. The average Bonchev–Trinajstić information content (AvgIpc) is 2.65. The van der Waals surface area contributed by atoms with Crippen molar-refractivity contribution in [3.63, 3.8) is 0 Å². The van der Waals surface area contributed by atoms with Crippen LogP contribution in [0.1, 0.15) is 53.9 Å². The summed E-state index contributed by atoms with van der Waals surface area (Å²) in [4.78, 5) is 60.2. The van der Waals surface area contributed by atoms with Gasteiger partial charge in [-0.25, -0.2) is 4.79 Å². The quantitative estimate of drug-likeness (QED) is 0.157. The molecule has 12 heteroatoms. The van der Waals surface area contributed by atoms with Crippen LogP contribution in [0.15, 0.2) is 0 Å². The number of amides is 4. The number of carbonyl (C=O) groups is 5. The lowest BCUT2D eigenvalue weighted by atomic mass is 10.0. The molecule has 9 N–H and O–H groups in total. The number of nitrogens with one attached hydrogen (secondary N) is 3. The fourth-order valence-corrected chi connectivity index (χ4v) is 2.86. The van der Waals surface area contributed by atoms with Gasteiger partial charge in [0.1, 0.15) is 18.1 Å². The number of carboxylic acids is 1. The minimum absolute atomic E-state index is 0.125. The lowest BCUT2D eigenvalue weighted by Gasteiger charge is -2.27. The zero-order valence-electron chi connectivity index (χ0n) is 19.3. The molecular formula is C20H37N5O7. The number of rotatable bonds is 14. The first kappa shape index (κ1) is 29.3. The van der Waals surface area contributed by atoms with Crippen LogP contribution in [-0.2, 0) is 24.0 Å². The second kappa shape index (κ2) is 13.6. The Morgan fingerprint density at radius 2 is 1.38 bits per heavy atom. The van der Waals surface area contributed by atoms with Gasteiger partial charge in [0.2, 0.25) is 23.6 Å². The Balaban J connectivity index is 5.48. The van der Waals surface area contributed by atoms with Crippen molar-refractivity contribution in [2.75, 3.05) is 0 Å². The first-order valence-corrected chi connectivity index (χ1v) is 10.5. The monoisotopic (exact) mass is 459 g/mol. The van der Waals surface area contributed by atoms with Crippen molar-refractivity contribution in [1.82, 2.24) is 16.0 Å². The van der Waals surface area contributed by atoms with Gasteiger partial charge >= 0.3 is 5.97 Å². The third kappa shape index (κ3) is 10.5. The highest BCUT2D eigenvalue weighted by atomic mass is 16.4. The third-order valence-corrected chi connectivity index (χ3v) is 4.67. The maximum Gasteiger partial charge on any atom is 0.326 e. The number of hydrogen-bond donors (Lipinski definition) is 7. The number of nitrogens with two attached hydrogens (primary N) is 2. The van der Waals surface area contributed by atoms with E-state index >= 15 is 0 Å². The molecule has 0 aromatic carbocycles. The van der Waals surface area contributed by atoms with Crippen molar-refractivity contribution in [1.29, 1.82) is 0 Å². The Morgan fingerprint density at radius 3 is 1.78 bits per heavy atom. The van der Waals surface area contributed by atoms with Crippen LogP contribution in [0.25, 0.3) is 0 Å². The van der Waals surface area contributed by atoms with Crippen LogP contribution in [0.2, 0.25) is 0 Å². The second-order valence-electron chi connectivity index (χ2n) is 8.60. The predicted molar refractivity (Wildman–Crippen MR) is 116 cm³/mol. The molecule has 0 radical (unpaired) electrons. The van der Waals surface area contributed by atoms with Gasteiger partial charge in [0.25, 0.3) is 0 Å². The van der Waals surface area contributed by atoms with Crippen molar-refractivity contribution in [2.24, 2.45) is 23.3 Å². The van der Waals surface area contributed by atoms with E-state index in [1.807, 2.05) is 13.8 Å². The normalized spacial score (nSPS) is 15.9.